The zero-order valence-corrected chi connectivity index (χ0v) is 22.0. The lowest BCUT2D eigenvalue weighted by molar-refractivity contribution is 0.0955. The van der Waals surface area contributed by atoms with E-state index in [1.54, 1.807) is 79.7 Å². The van der Waals surface area contributed by atoms with E-state index in [9.17, 15) is 13.2 Å². The summed E-state index contributed by atoms with van der Waals surface area (Å²) in [5, 5.41) is 4.77. The Morgan fingerprint density at radius 2 is 1.49 bits per heavy atom. The van der Waals surface area contributed by atoms with Crippen molar-refractivity contribution in [2.45, 2.75) is 25.3 Å². The van der Waals surface area contributed by atoms with Crippen LogP contribution in [0.5, 0.6) is 0 Å². The topological polar surface area (TPSA) is 78.8 Å². The molecule has 0 unspecified atom stereocenters. The van der Waals surface area contributed by atoms with Crippen molar-refractivity contribution in [3.63, 3.8) is 0 Å². The first-order valence-corrected chi connectivity index (χ1v) is 13.4. The second-order valence-corrected chi connectivity index (χ2v) is 10.8. The fourth-order valence-electron chi connectivity index (χ4n) is 3.71. The van der Waals surface area contributed by atoms with Crippen LogP contribution in [-0.2, 0) is 16.6 Å². The van der Waals surface area contributed by atoms with Crippen LogP contribution in [0.1, 0.15) is 34.0 Å². The lowest BCUT2D eigenvalue weighted by Gasteiger charge is -2.26. The molecule has 188 valence electrons. The van der Waals surface area contributed by atoms with Crippen LogP contribution in [0, 0.1) is 6.92 Å². The molecule has 0 saturated carbocycles. The molecule has 4 rings (SSSR count). The van der Waals surface area contributed by atoms with Gasteiger partial charge in [-0.15, -0.1) is 0 Å². The molecule has 0 radical (unpaired) electrons. The van der Waals surface area contributed by atoms with E-state index in [0.29, 0.717) is 16.3 Å². The van der Waals surface area contributed by atoms with Crippen molar-refractivity contribution in [1.82, 2.24) is 5.43 Å². The summed E-state index contributed by atoms with van der Waals surface area (Å²) in [5.41, 5.74) is 6.13. The van der Waals surface area contributed by atoms with E-state index in [-0.39, 0.29) is 22.7 Å². The quantitative estimate of drug-likeness (QED) is 0.217. The molecule has 0 bridgehead atoms. The van der Waals surface area contributed by atoms with Gasteiger partial charge in [0.25, 0.3) is 15.9 Å². The van der Waals surface area contributed by atoms with Crippen LogP contribution in [0.25, 0.3) is 0 Å². The largest absolute Gasteiger partial charge is 0.273 e. The maximum Gasteiger partial charge on any atom is 0.273 e. The predicted octanol–water partition coefficient (Wildman–Crippen LogP) is 6.20. The van der Waals surface area contributed by atoms with Gasteiger partial charge in [0.05, 0.1) is 28.4 Å². The van der Waals surface area contributed by atoms with Gasteiger partial charge in [0, 0.05) is 5.02 Å². The highest BCUT2D eigenvalue weighted by molar-refractivity contribution is 7.92. The van der Waals surface area contributed by atoms with E-state index in [1.807, 2.05) is 37.3 Å². The Labute approximate surface area is 222 Å². The molecule has 0 aromatic heterocycles. The fraction of sp³-hybridized carbons (Fsp3) is 0.103. The molecule has 8 heteroatoms. The van der Waals surface area contributed by atoms with Crippen molar-refractivity contribution < 1.29 is 13.2 Å². The SMILES string of the molecule is CC(=NNC(=O)c1ccccc1N(Cc1ccc(Cl)cc1)S(=O)(=O)c1ccc(C)cc1)c1ccccc1. The van der Waals surface area contributed by atoms with E-state index in [2.05, 4.69) is 10.5 Å². The molecule has 0 aliphatic carbocycles. The number of hydrazone groups is 1. The van der Waals surface area contributed by atoms with Crippen LogP contribution in [0.2, 0.25) is 5.02 Å². The van der Waals surface area contributed by atoms with Gasteiger partial charge in [-0.3, -0.25) is 9.10 Å². The summed E-state index contributed by atoms with van der Waals surface area (Å²) in [7, 11) is -4.02. The average molecular weight is 532 g/mol. The molecular weight excluding hydrogens is 506 g/mol. The summed E-state index contributed by atoms with van der Waals surface area (Å²) in [5.74, 6) is -0.522. The summed E-state index contributed by atoms with van der Waals surface area (Å²) < 4.78 is 29.0. The average Bonchev–Trinajstić information content (AvgIpc) is 2.92. The number of sulfonamides is 1. The second kappa shape index (κ2) is 11.4. The van der Waals surface area contributed by atoms with Crippen molar-refractivity contribution in [2.24, 2.45) is 5.10 Å². The second-order valence-electron chi connectivity index (χ2n) is 8.47. The van der Waals surface area contributed by atoms with Crippen molar-refractivity contribution in [3.8, 4) is 0 Å². The maximum atomic E-state index is 13.9. The first-order chi connectivity index (χ1) is 17.8. The van der Waals surface area contributed by atoms with Gasteiger partial charge >= 0.3 is 0 Å². The Morgan fingerprint density at radius 1 is 0.865 bits per heavy atom. The Kier molecular flexibility index (Phi) is 8.06. The molecule has 37 heavy (non-hydrogen) atoms. The number of halogens is 1. The van der Waals surface area contributed by atoms with Crippen LogP contribution in [0.15, 0.2) is 113 Å². The summed E-state index contributed by atoms with van der Waals surface area (Å²) in [4.78, 5) is 13.4. The number of para-hydroxylation sites is 1. The smallest absolute Gasteiger partial charge is 0.267 e. The minimum Gasteiger partial charge on any atom is -0.267 e. The lowest BCUT2D eigenvalue weighted by atomic mass is 10.1. The molecule has 1 amide bonds. The van der Waals surface area contributed by atoms with E-state index in [4.69, 9.17) is 11.6 Å². The van der Waals surface area contributed by atoms with Gasteiger partial charge in [-0.05, 0) is 61.4 Å². The number of hydrogen-bond acceptors (Lipinski definition) is 4. The summed E-state index contributed by atoms with van der Waals surface area (Å²) in [6.07, 6.45) is 0. The number of aryl methyl sites for hydroxylation is 1. The van der Waals surface area contributed by atoms with Crippen molar-refractivity contribution >= 4 is 38.9 Å². The van der Waals surface area contributed by atoms with E-state index >= 15 is 0 Å². The molecule has 0 aliphatic rings. The molecular formula is C29H26ClN3O3S. The standard InChI is InChI=1S/C29H26ClN3O3S/c1-21-12-18-26(19-13-21)37(35,36)33(20-23-14-16-25(30)17-15-23)28-11-7-6-10-27(28)29(34)32-31-22(2)24-8-4-3-5-9-24/h3-19H,20H2,1-2H3,(H,32,34). The summed E-state index contributed by atoms with van der Waals surface area (Å²) in [6.45, 7) is 3.68. The van der Waals surface area contributed by atoms with E-state index in [0.717, 1.165) is 11.1 Å². The van der Waals surface area contributed by atoms with Crippen molar-refractivity contribution in [3.05, 3.63) is 130 Å². The molecule has 0 atom stereocenters. The normalized spacial score (nSPS) is 11.7. The molecule has 4 aromatic rings. The Bertz CT molecular complexity index is 1520. The highest BCUT2D eigenvalue weighted by Crippen LogP contribution is 2.30. The molecule has 0 spiro atoms. The van der Waals surface area contributed by atoms with Gasteiger partial charge in [-0.1, -0.05) is 83.9 Å². The van der Waals surface area contributed by atoms with Gasteiger partial charge < -0.3 is 0 Å². The Hall–Kier alpha value is -3.94. The highest BCUT2D eigenvalue weighted by atomic mass is 35.5. The predicted molar refractivity (Wildman–Crippen MR) is 149 cm³/mol. The third-order valence-corrected chi connectivity index (χ3v) is 7.81. The molecule has 4 aromatic carbocycles. The number of hydrogen-bond donors (Lipinski definition) is 1. The molecule has 0 fully saturated rings. The molecule has 1 N–H and O–H groups in total. The van der Waals surface area contributed by atoms with Gasteiger partial charge in [0.1, 0.15) is 0 Å². The number of anilines is 1. The third-order valence-electron chi connectivity index (χ3n) is 5.78. The molecule has 0 heterocycles. The monoisotopic (exact) mass is 531 g/mol. The molecule has 6 nitrogen and oxygen atoms in total. The van der Waals surface area contributed by atoms with Gasteiger partial charge in [-0.2, -0.15) is 5.10 Å². The maximum absolute atomic E-state index is 13.9. The number of rotatable bonds is 8. The summed E-state index contributed by atoms with van der Waals surface area (Å²) in [6, 6.07) is 29.6. The highest BCUT2D eigenvalue weighted by Gasteiger charge is 2.28. The first-order valence-electron chi connectivity index (χ1n) is 11.6. The van der Waals surface area contributed by atoms with Crippen LogP contribution < -0.4 is 9.73 Å². The van der Waals surface area contributed by atoms with E-state index < -0.39 is 15.9 Å². The molecule has 0 aliphatic heterocycles. The van der Waals surface area contributed by atoms with Crippen LogP contribution >= 0.6 is 11.6 Å². The minimum absolute atomic E-state index is 0.00395. The zero-order valence-electron chi connectivity index (χ0n) is 20.4. The number of benzene rings is 4. The van der Waals surface area contributed by atoms with Crippen molar-refractivity contribution in [2.75, 3.05) is 4.31 Å². The fourth-order valence-corrected chi connectivity index (χ4v) is 5.31. The summed E-state index contributed by atoms with van der Waals surface area (Å²) >= 11 is 6.04. The number of carbonyl (C=O) groups excluding carboxylic acids is 1. The Morgan fingerprint density at radius 3 is 2.16 bits per heavy atom. The molecule has 0 saturated heterocycles. The van der Waals surface area contributed by atoms with Crippen LogP contribution in [0.4, 0.5) is 5.69 Å². The van der Waals surface area contributed by atoms with E-state index in [1.165, 1.54) is 4.31 Å². The van der Waals surface area contributed by atoms with Crippen LogP contribution in [-0.4, -0.2) is 20.0 Å². The Balaban J connectivity index is 1.74. The lowest BCUT2D eigenvalue weighted by Crippen LogP contribution is -2.33. The van der Waals surface area contributed by atoms with Crippen LogP contribution in [0.3, 0.4) is 0 Å². The van der Waals surface area contributed by atoms with Gasteiger partial charge in [-0.25, -0.2) is 13.8 Å². The van der Waals surface area contributed by atoms with Crippen molar-refractivity contribution in [1.29, 1.82) is 0 Å². The number of amides is 1. The minimum atomic E-state index is -4.02. The number of carbonyl (C=O) groups is 1. The number of nitrogens with zero attached hydrogens (tertiary/aromatic N) is 2. The van der Waals surface area contributed by atoms with Gasteiger partial charge in [0.2, 0.25) is 0 Å². The first kappa shape index (κ1) is 26.1. The zero-order chi connectivity index (χ0) is 26.4. The van der Waals surface area contributed by atoms with Gasteiger partial charge in [0.15, 0.2) is 0 Å². The third kappa shape index (κ3) is 6.25. The number of nitrogens with one attached hydrogen (secondary N) is 1.